The van der Waals surface area contributed by atoms with Crippen LogP contribution in [0.4, 0.5) is 0 Å². The number of rotatable bonds is 3. The number of nitrogens with one attached hydrogen (secondary N) is 1. The summed E-state index contributed by atoms with van der Waals surface area (Å²) in [7, 11) is 0. The summed E-state index contributed by atoms with van der Waals surface area (Å²) in [4.78, 5) is 12.9. The number of amides is 1. The van der Waals surface area contributed by atoms with Crippen LogP contribution in [0, 0.1) is 5.92 Å². The van der Waals surface area contributed by atoms with E-state index in [9.17, 15) is 4.79 Å². The minimum atomic E-state index is -0.501. The third-order valence-electron chi connectivity index (χ3n) is 4.69. The SMILES string of the molecule is CC1CCOC1C(=O)NC1(C(N)=S)CCCCCCC1. The first kappa shape index (κ1) is 15.7. The van der Waals surface area contributed by atoms with Crippen molar-refractivity contribution in [2.75, 3.05) is 6.61 Å². The van der Waals surface area contributed by atoms with Crippen LogP contribution in [-0.2, 0) is 9.53 Å². The van der Waals surface area contributed by atoms with Gasteiger partial charge in [0.2, 0.25) is 5.91 Å². The van der Waals surface area contributed by atoms with E-state index in [0.29, 0.717) is 11.6 Å². The summed E-state index contributed by atoms with van der Waals surface area (Å²) in [5.41, 5.74) is 5.48. The van der Waals surface area contributed by atoms with E-state index >= 15 is 0 Å². The zero-order valence-electron chi connectivity index (χ0n) is 12.3. The van der Waals surface area contributed by atoms with Gasteiger partial charge in [-0.1, -0.05) is 51.2 Å². The number of hydrogen-bond acceptors (Lipinski definition) is 3. The topological polar surface area (TPSA) is 64.3 Å². The molecule has 1 aliphatic carbocycles. The minimum Gasteiger partial charge on any atom is -0.391 e. The molecule has 2 atom stereocenters. The molecular formula is C15H26N2O2S. The number of thiocarbonyl (C=S) groups is 1. The average molecular weight is 298 g/mol. The number of carbonyl (C=O) groups excluding carboxylic acids is 1. The monoisotopic (exact) mass is 298 g/mol. The van der Waals surface area contributed by atoms with E-state index in [-0.39, 0.29) is 17.9 Å². The van der Waals surface area contributed by atoms with Crippen LogP contribution < -0.4 is 11.1 Å². The van der Waals surface area contributed by atoms with E-state index in [4.69, 9.17) is 22.7 Å². The molecule has 114 valence electrons. The molecule has 1 saturated carbocycles. The number of hydrogen-bond donors (Lipinski definition) is 2. The van der Waals surface area contributed by atoms with Crippen LogP contribution in [0.1, 0.15) is 58.3 Å². The van der Waals surface area contributed by atoms with Crippen LogP contribution in [0.25, 0.3) is 0 Å². The predicted molar refractivity (Wildman–Crippen MR) is 83.5 cm³/mol. The molecule has 2 aliphatic rings. The minimum absolute atomic E-state index is 0.0385. The Hall–Kier alpha value is -0.680. The van der Waals surface area contributed by atoms with E-state index < -0.39 is 5.54 Å². The van der Waals surface area contributed by atoms with Gasteiger partial charge in [-0.2, -0.15) is 0 Å². The molecule has 4 nitrogen and oxygen atoms in total. The number of ether oxygens (including phenoxy) is 1. The molecule has 2 unspecified atom stereocenters. The Morgan fingerprint density at radius 2 is 1.85 bits per heavy atom. The number of nitrogens with two attached hydrogens (primary N) is 1. The van der Waals surface area contributed by atoms with E-state index in [1.807, 2.05) is 0 Å². The first-order chi connectivity index (χ1) is 9.55. The maximum atomic E-state index is 12.5. The lowest BCUT2D eigenvalue weighted by molar-refractivity contribution is -0.133. The lowest BCUT2D eigenvalue weighted by Gasteiger charge is -2.36. The van der Waals surface area contributed by atoms with Crippen molar-refractivity contribution < 1.29 is 9.53 Å². The zero-order valence-corrected chi connectivity index (χ0v) is 13.1. The molecule has 0 aromatic rings. The van der Waals surface area contributed by atoms with Crippen molar-refractivity contribution in [2.24, 2.45) is 11.7 Å². The lowest BCUT2D eigenvalue weighted by Crippen LogP contribution is -2.59. The third-order valence-corrected chi connectivity index (χ3v) is 5.08. The fraction of sp³-hybridized carbons (Fsp3) is 0.867. The van der Waals surface area contributed by atoms with Crippen LogP contribution in [0.2, 0.25) is 0 Å². The molecule has 0 radical (unpaired) electrons. The van der Waals surface area contributed by atoms with Gasteiger partial charge in [0, 0.05) is 6.61 Å². The Morgan fingerprint density at radius 1 is 1.25 bits per heavy atom. The van der Waals surface area contributed by atoms with Gasteiger partial charge in [-0.25, -0.2) is 0 Å². The van der Waals surface area contributed by atoms with Crippen LogP contribution >= 0.6 is 12.2 Å². The highest BCUT2D eigenvalue weighted by atomic mass is 32.1. The molecule has 0 spiro atoms. The van der Waals surface area contributed by atoms with Crippen molar-refractivity contribution >= 4 is 23.1 Å². The second-order valence-corrected chi connectivity index (χ2v) is 6.70. The highest BCUT2D eigenvalue weighted by Gasteiger charge is 2.39. The highest BCUT2D eigenvalue weighted by molar-refractivity contribution is 7.80. The molecule has 3 N–H and O–H groups in total. The molecule has 5 heteroatoms. The summed E-state index contributed by atoms with van der Waals surface area (Å²) >= 11 is 5.28. The van der Waals surface area contributed by atoms with Gasteiger partial charge in [-0.05, 0) is 25.2 Å². The van der Waals surface area contributed by atoms with Crippen LogP contribution in [0.5, 0.6) is 0 Å². The summed E-state index contributed by atoms with van der Waals surface area (Å²) in [6.45, 7) is 2.72. The normalized spacial score (nSPS) is 30.2. The molecule has 0 bridgehead atoms. The van der Waals surface area contributed by atoms with Crippen molar-refractivity contribution in [1.29, 1.82) is 0 Å². The summed E-state index contributed by atoms with van der Waals surface area (Å²) < 4.78 is 5.55. The van der Waals surface area contributed by atoms with Crippen molar-refractivity contribution in [1.82, 2.24) is 5.32 Å². The second-order valence-electron chi connectivity index (χ2n) is 6.26. The number of carbonyl (C=O) groups is 1. The Kier molecular flexibility index (Phi) is 5.38. The lowest BCUT2D eigenvalue weighted by atomic mass is 9.83. The van der Waals surface area contributed by atoms with Gasteiger partial charge in [0.05, 0.1) is 10.5 Å². The molecule has 1 heterocycles. The fourth-order valence-electron chi connectivity index (χ4n) is 3.28. The maximum Gasteiger partial charge on any atom is 0.250 e. The second kappa shape index (κ2) is 6.85. The standard InChI is InChI=1S/C15H26N2O2S/c1-11-7-10-19-12(11)13(18)17-15(14(16)20)8-5-3-2-4-6-9-15/h11-12H,2-10H2,1H3,(H2,16,20)(H,17,18). The quantitative estimate of drug-likeness (QED) is 0.785. The third kappa shape index (κ3) is 3.50. The van der Waals surface area contributed by atoms with E-state index in [1.54, 1.807) is 0 Å². The van der Waals surface area contributed by atoms with E-state index in [2.05, 4.69) is 12.2 Å². The van der Waals surface area contributed by atoms with Crippen molar-refractivity contribution in [3.63, 3.8) is 0 Å². The summed E-state index contributed by atoms with van der Waals surface area (Å²) in [6, 6.07) is 0. The largest absolute Gasteiger partial charge is 0.391 e. The first-order valence-corrected chi connectivity index (χ1v) is 8.19. The molecule has 1 amide bonds. The summed E-state index contributed by atoms with van der Waals surface area (Å²) in [6.07, 6.45) is 8.10. The molecule has 1 aliphatic heterocycles. The molecule has 2 rings (SSSR count). The predicted octanol–water partition coefficient (Wildman–Crippen LogP) is 2.30. The Bertz CT molecular complexity index is 365. The first-order valence-electron chi connectivity index (χ1n) is 7.79. The van der Waals surface area contributed by atoms with Crippen molar-refractivity contribution in [3.8, 4) is 0 Å². The average Bonchev–Trinajstić information content (AvgIpc) is 2.78. The van der Waals surface area contributed by atoms with E-state index in [1.165, 1.54) is 19.3 Å². The Balaban J connectivity index is 2.07. The highest BCUT2D eigenvalue weighted by Crippen LogP contribution is 2.28. The maximum absolute atomic E-state index is 12.5. The fourth-order valence-corrected chi connectivity index (χ4v) is 3.53. The Labute approximate surface area is 126 Å². The molecule has 20 heavy (non-hydrogen) atoms. The molecule has 1 saturated heterocycles. The summed E-state index contributed by atoms with van der Waals surface area (Å²) in [5, 5.41) is 3.14. The van der Waals surface area contributed by atoms with Gasteiger partial charge in [-0.3, -0.25) is 4.79 Å². The zero-order chi connectivity index (χ0) is 14.6. The van der Waals surface area contributed by atoms with Crippen LogP contribution in [0.15, 0.2) is 0 Å². The smallest absolute Gasteiger partial charge is 0.250 e. The molecule has 0 aromatic carbocycles. The van der Waals surface area contributed by atoms with Gasteiger partial charge in [-0.15, -0.1) is 0 Å². The van der Waals surface area contributed by atoms with Gasteiger partial charge in [0.15, 0.2) is 0 Å². The van der Waals surface area contributed by atoms with E-state index in [0.717, 1.165) is 32.1 Å². The van der Waals surface area contributed by atoms with Gasteiger partial charge in [0.1, 0.15) is 6.10 Å². The molecule has 2 fully saturated rings. The van der Waals surface area contributed by atoms with Gasteiger partial charge < -0.3 is 15.8 Å². The van der Waals surface area contributed by atoms with Crippen LogP contribution in [-0.4, -0.2) is 29.1 Å². The van der Waals surface area contributed by atoms with Gasteiger partial charge in [0.25, 0.3) is 0 Å². The van der Waals surface area contributed by atoms with Crippen LogP contribution in [0.3, 0.4) is 0 Å². The van der Waals surface area contributed by atoms with Gasteiger partial charge >= 0.3 is 0 Å². The van der Waals surface area contributed by atoms with Crippen molar-refractivity contribution in [3.05, 3.63) is 0 Å². The summed E-state index contributed by atoms with van der Waals surface area (Å²) in [5.74, 6) is 0.232. The molecular weight excluding hydrogens is 272 g/mol. The van der Waals surface area contributed by atoms with Crippen molar-refractivity contribution in [2.45, 2.75) is 69.9 Å². The Morgan fingerprint density at radius 3 is 2.35 bits per heavy atom. The molecule has 0 aromatic heterocycles.